The zero-order valence-electron chi connectivity index (χ0n) is 13.9. The van der Waals surface area contributed by atoms with E-state index >= 15 is 0 Å². The molecule has 2 nitrogen and oxygen atoms in total. The van der Waals surface area contributed by atoms with Gasteiger partial charge >= 0.3 is 0 Å². The third kappa shape index (κ3) is 4.82. The van der Waals surface area contributed by atoms with Gasteiger partial charge in [0.25, 0.3) is 0 Å². The average molecular weight is 290 g/mol. The van der Waals surface area contributed by atoms with Crippen LogP contribution >= 0.6 is 0 Å². The van der Waals surface area contributed by atoms with E-state index in [0.717, 1.165) is 26.1 Å². The standard InChI is InChI=1S/C19H30O2/c1-4-6-8-16-9-11-17(12-10-16)18-14-20-19(3,21-15-18)13-7-5-2/h9-12,18H,4-8,13-15H2,1-3H3/t18-,19-. The summed E-state index contributed by atoms with van der Waals surface area (Å²) in [7, 11) is 0. The van der Waals surface area contributed by atoms with Crippen molar-refractivity contribution in [3.63, 3.8) is 0 Å². The number of hydrogen-bond acceptors (Lipinski definition) is 2. The largest absolute Gasteiger partial charge is 0.350 e. The minimum atomic E-state index is -0.367. The second kappa shape index (κ2) is 7.95. The molecular weight excluding hydrogens is 260 g/mol. The predicted octanol–water partition coefficient (Wildman–Crippen LogP) is 5.07. The monoisotopic (exact) mass is 290 g/mol. The molecule has 0 N–H and O–H groups in total. The lowest BCUT2D eigenvalue weighted by molar-refractivity contribution is -0.265. The van der Waals surface area contributed by atoms with Crippen LogP contribution < -0.4 is 0 Å². The van der Waals surface area contributed by atoms with Crippen LogP contribution in [0.1, 0.15) is 69.9 Å². The normalized spacial score (nSPS) is 26.0. The summed E-state index contributed by atoms with van der Waals surface area (Å²) in [5.74, 6) is 0.00745. The fraction of sp³-hybridized carbons (Fsp3) is 0.684. The van der Waals surface area contributed by atoms with Gasteiger partial charge in [-0.1, -0.05) is 51.0 Å². The first-order valence-corrected chi connectivity index (χ1v) is 8.53. The maximum Gasteiger partial charge on any atom is 0.165 e. The van der Waals surface area contributed by atoms with Crippen molar-refractivity contribution in [2.75, 3.05) is 13.2 Å². The highest BCUT2D eigenvalue weighted by molar-refractivity contribution is 5.26. The third-order valence-corrected chi connectivity index (χ3v) is 4.43. The van der Waals surface area contributed by atoms with Gasteiger partial charge in [0, 0.05) is 12.3 Å². The molecule has 21 heavy (non-hydrogen) atoms. The van der Waals surface area contributed by atoms with Crippen LogP contribution in [0.3, 0.4) is 0 Å². The molecule has 0 aliphatic carbocycles. The van der Waals surface area contributed by atoms with E-state index in [0.29, 0.717) is 5.92 Å². The molecule has 2 rings (SSSR count). The Bertz CT molecular complexity index is 402. The second-order valence-corrected chi connectivity index (χ2v) is 6.40. The summed E-state index contributed by atoms with van der Waals surface area (Å²) in [6.45, 7) is 8.06. The van der Waals surface area contributed by atoms with Crippen molar-refractivity contribution in [2.45, 2.75) is 71.0 Å². The Kier molecular flexibility index (Phi) is 6.25. The van der Waals surface area contributed by atoms with Crippen molar-refractivity contribution in [1.29, 1.82) is 0 Å². The van der Waals surface area contributed by atoms with Crippen LogP contribution in [-0.4, -0.2) is 19.0 Å². The highest BCUT2D eigenvalue weighted by atomic mass is 16.7. The fourth-order valence-corrected chi connectivity index (χ4v) is 2.82. The van der Waals surface area contributed by atoms with E-state index in [2.05, 4.69) is 45.0 Å². The van der Waals surface area contributed by atoms with E-state index in [9.17, 15) is 0 Å². The molecule has 2 heteroatoms. The lowest BCUT2D eigenvalue weighted by atomic mass is 9.96. The van der Waals surface area contributed by atoms with Crippen LogP contribution in [0.2, 0.25) is 0 Å². The van der Waals surface area contributed by atoms with Crippen LogP contribution in [0, 0.1) is 0 Å². The predicted molar refractivity (Wildman–Crippen MR) is 87.6 cm³/mol. The number of unbranched alkanes of at least 4 members (excludes halogenated alkanes) is 2. The van der Waals surface area contributed by atoms with E-state index < -0.39 is 0 Å². The molecule has 0 amide bonds. The summed E-state index contributed by atoms with van der Waals surface area (Å²) in [6.07, 6.45) is 7.04. The van der Waals surface area contributed by atoms with Crippen LogP contribution in [0.4, 0.5) is 0 Å². The molecule has 0 spiro atoms. The molecule has 118 valence electrons. The first-order valence-electron chi connectivity index (χ1n) is 8.53. The Hall–Kier alpha value is -0.860. The summed E-state index contributed by atoms with van der Waals surface area (Å²) >= 11 is 0. The van der Waals surface area contributed by atoms with Crippen molar-refractivity contribution < 1.29 is 9.47 Å². The molecule has 1 aromatic carbocycles. The molecule has 0 aromatic heterocycles. The number of hydrogen-bond donors (Lipinski definition) is 0. The summed E-state index contributed by atoms with van der Waals surface area (Å²) in [4.78, 5) is 0. The second-order valence-electron chi connectivity index (χ2n) is 6.40. The van der Waals surface area contributed by atoms with Crippen molar-refractivity contribution in [3.05, 3.63) is 35.4 Å². The van der Waals surface area contributed by atoms with Crippen molar-refractivity contribution >= 4 is 0 Å². The minimum absolute atomic E-state index is 0.367. The summed E-state index contributed by atoms with van der Waals surface area (Å²) in [5.41, 5.74) is 2.78. The zero-order valence-corrected chi connectivity index (χ0v) is 13.9. The lowest BCUT2D eigenvalue weighted by Crippen LogP contribution is -2.40. The van der Waals surface area contributed by atoms with Gasteiger partial charge in [0.15, 0.2) is 5.79 Å². The molecular formula is C19H30O2. The molecule has 0 saturated carbocycles. The fourth-order valence-electron chi connectivity index (χ4n) is 2.82. The van der Waals surface area contributed by atoms with E-state index in [1.807, 2.05) is 0 Å². The molecule has 1 aromatic rings. The quantitative estimate of drug-likeness (QED) is 0.698. The first-order chi connectivity index (χ1) is 10.2. The maximum absolute atomic E-state index is 6.01. The average Bonchev–Trinajstić information content (AvgIpc) is 2.52. The number of aryl methyl sites for hydroxylation is 1. The van der Waals surface area contributed by atoms with Crippen LogP contribution in [0.15, 0.2) is 24.3 Å². The highest BCUT2D eigenvalue weighted by Gasteiger charge is 2.32. The number of rotatable bonds is 7. The van der Waals surface area contributed by atoms with E-state index in [1.165, 1.54) is 36.8 Å². The topological polar surface area (TPSA) is 18.5 Å². The Morgan fingerprint density at radius 1 is 1.00 bits per heavy atom. The van der Waals surface area contributed by atoms with E-state index in [1.54, 1.807) is 0 Å². The van der Waals surface area contributed by atoms with Crippen molar-refractivity contribution in [1.82, 2.24) is 0 Å². The Morgan fingerprint density at radius 3 is 2.19 bits per heavy atom. The lowest BCUT2D eigenvalue weighted by Gasteiger charge is -2.38. The van der Waals surface area contributed by atoms with Gasteiger partial charge in [-0.25, -0.2) is 0 Å². The number of benzene rings is 1. The van der Waals surface area contributed by atoms with Crippen LogP contribution in [-0.2, 0) is 15.9 Å². The molecule has 1 saturated heterocycles. The summed E-state index contributed by atoms with van der Waals surface area (Å²) < 4.78 is 12.0. The summed E-state index contributed by atoms with van der Waals surface area (Å²) in [6, 6.07) is 9.01. The van der Waals surface area contributed by atoms with Crippen LogP contribution in [0.25, 0.3) is 0 Å². The molecule has 0 radical (unpaired) electrons. The maximum atomic E-state index is 6.01. The van der Waals surface area contributed by atoms with Gasteiger partial charge in [-0.3, -0.25) is 0 Å². The Labute approximate surface area is 129 Å². The Balaban J connectivity index is 1.87. The van der Waals surface area contributed by atoms with Gasteiger partial charge in [-0.2, -0.15) is 0 Å². The molecule has 1 aliphatic heterocycles. The van der Waals surface area contributed by atoms with Crippen molar-refractivity contribution in [3.8, 4) is 0 Å². The van der Waals surface area contributed by atoms with E-state index in [4.69, 9.17) is 9.47 Å². The molecule has 0 unspecified atom stereocenters. The molecule has 1 heterocycles. The highest BCUT2D eigenvalue weighted by Crippen LogP contribution is 2.31. The van der Waals surface area contributed by atoms with Gasteiger partial charge in [0.2, 0.25) is 0 Å². The summed E-state index contributed by atoms with van der Waals surface area (Å²) in [5, 5.41) is 0. The molecule has 0 atom stereocenters. The first kappa shape index (κ1) is 16.5. The SMILES string of the molecule is CCCCc1ccc([C@H]2CO[C@](C)(CCCC)OC2)cc1. The third-order valence-electron chi connectivity index (χ3n) is 4.43. The van der Waals surface area contributed by atoms with Crippen LogP contribution in [0.5, 0.6) is 0 Å². The zero-order chi connectivity index (χ0) is 15.1. The van der Waals surface area contributed by atoms with Gasteiger partial charge in [0.05, 0.1) is 13.2 Å². The van der Waals surface area contributed by atoms with Gasteiger partial charge in [-0.15, -0.1) is 0 Å². The van der Waals surface area contributed by atoms with Crippen molar-refractivity contribution in [2.24, 2.45) is 0 Å². The van der Waals surface area contributed by atoms with Gasteiger partial charge in [0.1, 0.15) is 0 Å². The Morgan fingerprint density at radius 2 is 1.62 bits per heavy atom. The minimum Gasteiger partial charge on any atom is -0.350 e. The molecule has 1 aliphatic rings. The van der Waals surface area contributed by atoms with Gasteiger partial charge in [-0.05, 0) is 37.3 Å². The number of ether oxygens (including phenoxy) is 2. The van der Waals surface area contributed by atoms with Gasteiger partial charge < -0.3 is 9.47 Å². The molecule has 0 bridgehead atoms. The molecule has 1 fully saturated rings. The van der Waals surface area contributed by atoms with E-state index in [-0.39, 0.29) is 5.79 Å². The smallest absolute Gasteiger partial charge is 0.165 e.